The van der Waals surface area contributed by atoms with Crippen molar-refractivity contribution in [1.29, 1.82) is 0 Å². The van der Waals surface area contributed by atoms with Gasteiger partial charge in [0.25, 0.3) is 0 Å². The molecule has 2 nitrogen and oxygen atoms in total. The highest BCUT2D eigenvalue weighted by molar-refractivity contribution is 6.00. The third-order valence-electron chi connectivity index (χ3n) is 3.19. The van der Waals surface area contributed by atoms with Crippen LogP contribution in [0.4, 0.5) is 0 Å². The van der Waals surface area contributed by atoms with Crippen LogP contribution in [0.2, 0.25) is 0 Å². The van der Waals surface area contributed by atoms with Crippen molar-refractivity contribution in [2.45, 2.75) is 60.3 Å². The molecule has 19 heavy (non-hydrogen) atoms. The van der Waals surface area contributed by atoms with Gasteiger partial charge in [0.15, 0.2) is 5.78 Å². The average Bonchev–Trinajstić information content (AvgIpc) is 2.38. The molecule has 0 aliphatic heterocycles. The van der Waals surface area contributed by atoms with Crippen molar-refractivity contribution in [3.8, 4) is 0 Å². The first-order valence-corrected chi connectivity index (χ1v) is 7.31. The number of carbonyl (C=O) groups excluding carboxylic acids is 1. The number of hydrogen-bond donors (Lipinski definition) is 1. The number of nitrogens with one attached hydrogen (secondary N) is 1. The lowest BCUT2D eigenvalue weighted by atomic mass is 9.93. The number of hydrogen-bond acceptors (Lipinski definition) is 2. The Hall–Kier alpha value is -1.31. The van der Waals surface area contributed by atoms with Crippen LogP contribution in [0.15, 0.2) is 34.6 Å². The molecule has 0 aliphatic rings. The highest BCUT2D eigenvalue weighted by atomic mass is 16.1. The van der Waals surface area contributed by atoms with E-state index in [9.17, 15) is 4.79 Å². The molecule has 2 heteroatoms. The highest BCUT2D eigenvalue weighted by Crippen LogP contribution is 2.21. The summed E-state index contributed by atoms with van der Waals surface area (Å²) in [5.41, 5.74) is 4.23. The zero-order valence-corrected chi connectivity index (χ0v) is 13.4. The van der Waals surface area contributed by atoms with Gasteiger partial charge in [0.2, 0.25) is 0 Å². The van der Waals surface area contributed by atoms with Gasteiger partial charge in [-0.2, -0.15) is 0 Å². The van der Waals surface area contributed by atoms with Gasteiger partial charge in [-0.25, -0.2) is 0 Å². The minimum Gasteiger partial charge on any atom is -0.388 e. The Labute approximate surface area is 118 Å². The van der Waals surface area contributed by atoms with Gasteiger partial charge in [-0.1, -0.05) is 32.4 Å². The zero-order chi connectivity index (χ0) is 14.8. The van der Waals surface area contributed by atoms with Crippen LogP contribution >= 0.6 is 0 Å². The van der Waals surface area contributed by atoms with E-state index in [0.717, 1.165) is 36.1 Å². The summed E-state index contributed by atoms with van der Waals surface area (Å²) in [5.74, 6) is 0.266. The van der Waals surface area contributed by atoms with Crippen LogP contribution in [0.3, 0.4) is 0 Å². The Balaban J connectivity index is 5.46. The lowest BCUT2D eigenvalue weighted by Gasteiger charge is -2.12. The summed E-state index contributed by atoms with van der Waals surface area (Å²) in [6, 6.07) is 0. The van der Waals surface area contributed by atoms with Crippen molar-refractivity contribution in [3.63, 3.8) is 0 Å². The van der Waals surface area contributed by atoms with Gasteiger partial charge in [-0.15, -0.1) is 0 Å². The molecule has 0 atom stereocenters. The Morgan fingerprint density at radius 2 is 1.79 bits per heavy atom. The maximum absolute atomic E-state index is 12.3. The fraction of sp³-hybridized carbons (Fsp3) is 0.588. The predicted molar refractivity (Wildman–Crippen MR) is 84.1 cm³/mol. The Bertz CT molecular complexity index is 386. The molecule has 0 rings (SSSR count). The molecule has 0 spiro atoms. The minimum absolute atomic E-state index is 0.266. The molecule has 0 saturated carbocycles. The van der Waals surface area contributed by atoms with E-state index in [0.29, 0.717) is 6.42 Å². The molecule has 0 aliphatic carbocycles. The van der Waals surface area contributed by atoms with Crippen molar-refractivity contribution in [3.05, 3.63) is 34.6 Å². The molecular weight excluding hydrogens is 234 g/mol. The second kappa shape index (κ2) is 9.60. The molecule has 0 unspecified atom stereocenters. The standard InChI is InChI=1S/C17H29NO/c1-7-10-15(18-6)12-14(5)17(13(4)9-3)16(19)11-8-2/h10,12,18H,7-9,11H2,1-6H3/b14-12-,15-10+,17-13?. The van der Waals surface area contributed by atoms with E-state index in [1.54, 1.807) is 0 Å². The first kappa shape index (κ1) is 17.7. The fourth-order valence-electron chi connectivity index (χ4n) is 2.08. The molecule has 0 amide bonds. The van der Waals surface area contributed by atoms with E-state index in [1.165, 1.54) is 5.57 Å². The number of allylic oxidation sites excluding steroid dienone is 5. The van der Waals surface area contributed by atoms with Crippen LogP contribution in [0.25, 0.3) is 0 Å². The van der Waals surface area contributed by atoms with Gasteiger partial charge < -0.3 is 5.32 Å². The molecule has 0 saturated heterocycles. The summed E-state index contributed by atoms with van der Waals surface area (Å²) in [7, 11) is 1.91. The molecule has 0 aromatic rings. The molecular formula is C17H29NO. The van der Waals surface area contributed by atoms with E-state index >= 15 is 0 Å². The Morgan fingerprint density at radius 3 is 2.21 bits per heavy atom. The first-order valence-electron chi connectivity index (χ1n) is 7.31. The Kier molecular flexibility index (Phi) is 8.94. The van der Waals surface area contributed by atoms with Crippen LogP contribution in [-0.4, -0.2) is 12.8 Å². The molecule has 0 heterocycles. The topological polar surface area (TPSA) is 29.1 Å². The minimum atomic E-state index is 0.266. The molecule has 0 aromatic heterocycles. The smallest absolute Gasteiger partial charge is 0.163 e. The monoisotopic (exact) mass is 263 g/mol. The van der Waals surface area contributed by atoms with Crippen LogP contribution in [0.1, 0.15) is 60.3 Å². The van der Waals surface area contributed by atoms with Gasteiger partial charge in [0.05, 0.1) is 0 Å². The molecule has 0 radical (unpaired) electrons. The van der Waals surface area contributed by atoms with Crippen LogP contribution < -0.4 is 5.32 Å². The summed E-state index contributed by atoms with van der Waals surface area (Å²) in [5, 5.41) is 3.17. The summed E-state index contributed by atoms with van der Waals surface area (Å²) in [6.07, 6.45) is 7.63. The predicted octanol–water partition coefficient (Wildman–Crippen LogP) is 4.54. The number of likely N-dealkylation sites (N-methyl/N-ethyl adjacent to an activating group) is 1. The number of Topliss-reactive ketones (excluding diaryl/α,β-unsaturated/α-hetero) is 1. The molecule has 108 valence electrons. The molecule has 0 fully saturated rings. The van der Waals surface area contributed by atoms with Crippen molar-refractivity contribution in [2.75, 3.05) is 7.05 Å². The number of ketones is 1. The van der Waals surface area contributed by atoms with Gasteiger partial charge in [-0.3, -0.25) is 4.79 Å². The lowest BCUT2D eigenvalue weighted by molar-refractivity contribution is -0.115. The molecule has 0 bridgehead atoms. The molecule has 1 N–H and O–H groups in total. The van der Waals surface area contributed by atoms with Crippen molar-refractivity contribution in [1.82, 2.24) is 5.32 Å². The van der Waals surface area contributed by atoms with Gasteiger partial charge in [0.1, 0.15) is 0 Å². The van der Waals surface area contributed by atoms with E-state index in [1.807, 2.05) is 20.9 Å². The summed E-state index contributed by atoms with van der Waals surface area (Å²) < 4.78 is 0. The highest BCUT2D eigenvalue weighted by Gasteiger charge is 2.13. The summed E-state index contributed by atoms with van der Waals surface area (Å²) >= 11 is 0. The third-order valence-corrected chi connectivity index (χ3v) is 3.19. The summed E-state index contributed by atoms with van der Waals surface area (Å²) in [6.45, 7) is 10.3. The van der Waals surface area contributed by atoms with Gasteiger partial charge in [-0.05, 0) is 44.8 Å². The first-order chi connectivity index (χ1) is 9.01. The largest absolute Gasteiger partial charge is 0.388 e. The van der Waals surface area contributed by atoms with Crippen LogP contribution in [-0.2, 0) is 4.79 Å². The quantitative estimate of drug-likeness (QED) is 0.514. The summed E-state index contributed by atoms with van der Waals surface area (Å²) in [4.78, 5) is 12.3. The van der Waals surface area contributed by atoms with E-state index in [-0.39, 0.29) is 5.78 Å². The maximum Gasteiger partial charge on any atom is 0.163 e. The van der Waals surface area contributed by atoms with Crippen molar-refractivity contribution >= 4 is 5.78 Å². The third kappa shape index (κ3) is 5.91. The second-order valence-electron chi connectivity index (χ2n) is 4.83. The van der Waals surface area contributed by atoms with Crippen LogP contribution in [0, 0.1) is 0 Å². The van der Waals surface area contributed by atoms with Gasteiger partial charge >= 0.3 is 0 Å². The zero-order valence-electron chi connectivity index (χ0n) is 13.4. The lowest BCUT2D eigenvalue weighted by Crippen LogP contribution is -2.09. The second-order valence-corrected chi connectivity index (χ2v) is 4.83. The molecule has 0 aromatic carbocycles. The van der Waals surface area contributed by atoms with Crippen molar-refractivity contribution < 1.29 is 4.79 Å². The number of rotatable bonds is 8. The maximum atomic E-state index is 12.3. The average molecular weight is 263 g/mol. The van der Waals surface area contributed by atoms with Crippen LogP contribution in [0.5, 0.6) is 0 Å². The van der Waals surface area contributed by atoms with Crippen molar-refractivity contribution in [2.24, 2.45) is 0 Å². The Morgan fingerprint density at radius 1 is 1.16 bits per heavy atom. The normalized spacial score (nSPS) is 14.2. The fourth-order valence-corrected chi connectivity index (χ4v) is 2.08. The van der Waals surface area contributed by atoms with E-state index < -0.39 is 0 Å². The van der Waals surface area contributed by atoms with E-state index in [2.05, 4.69) is 38.2 Å². The SMILES string of the molecule is CC/C=C(\C=C(\C)C(C(=O)CCC)=C(C)CC)NC. The van der Waals surface area contributed by atoms with E-state index in [4.69, 9.17) is 0 Å². The number of carbonyl (C=O) groups is 1. The van der Waals surface area contributed by atoms with Gasteiger partial charge in [0, 0.05) is 24.7 Å².